The zero-order valence-corrected chi connectivity index (χ0v) is 13.4. The molecule has 0 aliphatic carbocycles. The van der Waals surface area contributed by atoms with Crippen molar-refractivity contribution in [3.05, 3.63) is 41.8 Å². The van der Waals surface area contributed by atoms with E-state index in [9.17, 15) is 9.59 Å². The third kappa shape index (κ3) is 3.16. The minimum absolute atomic E-state index is 0.0146. The molecule has 1 saturated heterocycles. The maximum absolute atomic E-state index is 12.7. The van der Waals surface area contributed by atoms with E-state index in [4.69, 9.17) is 14.3 Å². The molecule has 2 atom stereocenters. The Bertz CT molecular complexity index is 756. The highest BCUT2D eigenvalue weighted by Crippen LogP contribution is 2.23. The van der Waals surface area contributed by atoms with Crippen LogP contribution in [0.25, 0.3) is 11.5 Å². The van der Waals surface area contributed by atoms with Crippen LogP contribution in [0, 0.1) is 6.92 Å². The van der Waals surface area contributed by atoms with Gasteiger partial charge in [-0.05, 0) is 26.0 Å². The summed E-state index contributed by atoms with van der Waals surface area (Å²) in [6, 6.07) is 9.29. The van der Waals surface area contributed by atoms with E-state index in [0.29, 0.717) is 18.1 Å². The summed E-state index contributed by atoms with van der Waals surface area (Å²) in [5.74, 6) is -0.957. The molecule has 1 N–H and O–H groups in total. The number of morpholine rings is 1. The van der Waals surface area contributed by atoms with Gasteiger partial charge in [-0.1, -0.05) is 18.2 Å². The molecule has 1 amide bonds. The number of carbonyl (C=O) groups is 2. The van der Waals surface area contributed by atoms with Gasteiger partial charge in [-0.15, -0.1) is 0 Å². The van der Waals surface area contributed by atoms with Gasteiger partial charge in [0.2, 0.25) is 11.7 Å². The highest BCUT2D eigenvalue weighted by molar-refractivity contribution is 5.93. The van der Waals surface area contributed by atoms with Crippen LogP contribution in [-0.4, -0.2) is 52.2 Å². The highest BCUT2D eigenvalue weighted by Gasteiger charge is 2.35. The van der Waals surface area contributed by atoms with Crippen molar-refractivity contribution in [1.82, 2.24) is 9.88 Å². The molecule has 7 nitrogen and oxygen atoms in total. The molecule has 0 bridgehead atoms. The van der Waals surface area contributed by atoms with E-state index in [0.717, 1.165) is 5.56 Å². The summed E-state index contributed by atoms with van der Waals surface area (Å²) in [5, 5.41) is 9.13. The van der Waals surface area contributed by atoms with E-state index in [1.54, 1.807) is 13.8 Å². The summed E-state index contributed by atoms with van der Waals surface area (Å²) in [7, 11) is 0. The van der Waals surface area contributed by atoms with E-state index in [2.05, 4.69) is 4.98 Å². The normalized spacial score (nSPS) is 20.8. The Labute approximate surface area is 138 Å². The quantitative estimate of drug-likeness (QED) is 0.925. The van der Waals surface area contributed by atoms with Crippen molar-refractivity contribution >= 4 is 11.9 Å². The Kier molecular flexibility index (Phi) is 4.35. The van der Waals surface area contributed by atoms with Gasteiger partial charge in [0, 0.05) is 12.1 Å². The second-order valence-electron chi connectivity index (χ2n) is 5.78. The molecular formula is C17H18N2O5. The van der Waals surface area contributed by atoms with E-state index in [-0.39, 0.29) is 24.3 Å². The molecule has 1 fully saturated rings. The molecular weight excluding hydrogens is 312 g/mol. The Balaban J connectivity index is 1.85. The topological polar surface area (TPSA) is 92.9 Å². The maximum atomic E-state index is 12.7. The number of aliphatic carboxylic acids is 1. The van der Waals surface area contributed by atoms with Gasteiger partial charge < -0.3 is 19.2 Å². The zero-order valence-electron chi connectivity index (χ0n) is 13.4. The van der Waals surface area contributed by atoms with Crippen molar-refractivity contribution in [2.75, 3.05) is 13.1 Å². The molecule has 2 aromatic rings. The summed E-state index contributed by atoms with van der Waals surface area (Å²) in [6.07, 6.45) is -1.39. The van der Waals surface area contributed by atoms with Crippen LogP contribution in [0.3, 0.4) is 0 Å². The predicted octanol–water partition coefficient (Wildman–Crippen LogP) is 1.96. The number of hydrogen-bond donors (Lipinski definition) is 1. The minimum Gasteiger partial charge on any atom is -0.479 e. The van der Waals surface area contributed by atoms with Crippen molar-refractivity contribution in [2.24, 2.45) is 0 Å². The van der Waals surface area contributed by atoms with Crippen molar-refractivity contribution < 1.29 is 23.8 Å². The van der Waals surface area contributed by atoms with Crippen LogP contribution in [0.4, 0.5) is 0 Å². The Morgan fingerprint density at radius 3 is 2.62 bits per heavy atom. The number of benzene rings is 1. The number of rotatable bonds is 3. The number of nitrogens with zero attached hydrogens (tertiary/aromatic N) is 2. The standard InChI is InChI=1S/C17H18N2O5/c1-10-8-19(9-13(23-10)17(21)22)16(20)14-11(2)18-15(24-14)12-6-4-3-5-7-12/h3-7,10,13H,8-9H2,1-2H3,(H,21,22)/t10-,13?/m1/s1. The van der Waals surface area contributed by atoms with Crippen molar-refractivity contribution in [3.8, 4) is 11.5 Å². The first-order chi connectivity index (χ1) is 11.5. The predicted molar refractivity (Wildman–Crippen MR) is 84.6 cm³/mol. The number of carboxylic acid groups (broad SMARTS) is 1. The van der Waals surface area contributed by atoms with Gasteiger partial charge in [-0.25, -0.2) is 9.78 Å². The number of hydrogen-bond acceptors (Lipinski definition) is 5. The second kappa shape index (κ2) is 6.45. The van der Waals surface area contributed by atoms with Crippen molar-refractivity contribution in [1.29, 1.82) is 0 Å². The van der Waals surface area contributed by atoms with E-state index >= 15 is 0 Å². The number of aryl methyl sites for hydroxylation is 1. The fraction of sp³-hybridized carbons (Fsp3) is 0.353. The van der Waals surface area contributed by atoms with Crippen molar-refractivity contribution in [3.63, 3.8) is 0 Å². The van der Waals surface area contributed by atoms with Gasteiger partial charge in [0.05, 0.1) is 18.3 Å². The summed E-state index contributed by atoms with van der Waals surface area (Å²) >= 11 is 0. The summed E-state index contributed by atoms with van der Waals surface area (Å²) in [5.41, 5.74) is 1.25. The molecule has 0 saturated carbocycles. The molecule has 1 aliphatic rings. The molecule has 0 radical (unpaired) electrons. The van der Waals surface area contributed by atoms with E-state index in [1.165, 1.54) is 4.90 Å². The van der Waals surface area contributed by atoms with Gasteiger partial charge in [0.15, 0.2) is 6.10 Å². The van der Waals surface area contributed by atoms with Gasteiger partial charge in [0.1, 0.15) is 0 Å². The molecule has 1 aromatic carbocycles. The van der Waals surface area contributed by atoms with Crippen LogP contribution in [0.15, 0.2) is 34.7 Å². The van der Waals surface area contributed by atoms with Crippen LogP contribution >= 0.6 is 0 Å². The first-order valence-electron chi connectivity index (χ1n) is 7.66. The van der Waals surface area contributed by atoms with Gasteiger partial charge in [0.25, 0.3) is 5.91 Å². The lowest BCUT2D eigenvalue weighted by molar-refractivity contribution is -0.160. The average Bonchev–Trinajstić information content (AvgIpc) is 2.96. The summed E-state index contributed by atoms with van der Waals surface area (Å²) in [6.45, 7) is 3.72. The fourth-order valence-electron chi connectivity index (χ4n) is 2.70. The summed E-state index contributed by atoms with van der Waals surface area (Å²) < 4.78 is 11.0. The number of ether oxygens (including phenoxy) is 1. The Hall–Kier alpha value is -2.67. The number of oxazole rings is 1. The van der Waals surface area contributed by atoms with Crippen LogP contribution in [-0.2, 0) is 9.53 Å². The number of carbonyl (C=O) groups excluding carboxylic acids is 1. The molecule has 2 heterocycles. The third-order valence-corrected chi connectivity index (χ3v) is 3.83. The average molecular weight is 330 g/mol. The Morgan fingerprint density at radius 2 is 1.96 bits per heavy atom. The van der Waals surface area contributed by atoms with E-state index < -0.39 is 12.1 Å². The fourth-order valence-corrected chi connectivity index (χ4v) is 2.70. The summed E-state index contributed by atoms with van der Waals surface area (Å²) in [4.78, 5) is 29.6. The van der Waals surface area contributed by atoms with Gasteiger partial charge >= 0.3 is 5.97 Å². The number of aromatic nitrogens is 1. The lowest BCUT2D eigenvalue weighted by Gasteiger charge is -2.34. The maximum Gasteiger partial charge on any atom is 0.334 e. The molecule has 126 valence electrons. The van der Waals surface area contributed by atoms with Gasteiger partial charge in [-0.3, -0.25) is 4.79 Å². The SMILES string of the molecule is Cc1nc(-c2ccccc2)oc1C(=O)N1CC(C(=O)O)O[C@H](C)C1. The van der Waals surface area contributed by atoms with Gasteiger partial charge in [-0.2, -0.15) is 0 Å². The zero-order chi connectivity index (χ0) is 17.3. The first-order valence-corrected chi connectivity index (χ1v) is 7.66. The molecule has 1 aliphatic heterocycles. The monoisotopic (exact) mass is 330 g/mol. The smallest absolute Gasteiger partial charge is 0.334 e. The van der Waals surface area contributed by atoms with E-state index in [1.807, 2.05) is 30.3 Å². The van der Waals surface area contributed by atoms with Crippen LogP contribution in [0.1, 0.15) is 23.2 Å². The number of carboxylic acids is 1. The van der Waals surface area contributed by atoms with Crippen LogP contribution in [0.5, 0.6) is 0 Å². The largest absolute Gasteiger partial charge is 0.479 e. The molecule has 3 rings (SSSR count). The molecule has 1 unspecified atom stereocenters. The van der Waals surface area contributed by atoms with Crippen LogP contribution in [0.2, 0.25) is 0 Å². The van der Waals surface area contributed by atoms with Crippen molar-refractivity contribution in [2.45, 2.75) is 26.1 Å². The lowest BCUT2D eigenvalue weighted by Crippen LogP contribution is -2.51. The molecule has 7 heteroatoms. The molecule has 1 aromatic heterocycles. The second-order valence-corrected chi connectivity index (χ2v) is 5.78. The molecule has 0 spiro atoms. The first kappa shape index (κ1) is 16.2. The molecule has 24 heavy (non-hydrogen) atoms. The third-order valence-electron chi connectivity index (χ3n) is 3.83. The highest BCUT2D eigenvalue weighted by atomic mass is 16.5. The Morgan fingerprint density at radius 1 is 1.25 bits per heavy atom. The van der Waals surface area contributed by atoms with Crippen LogP contribution < -0.4 is 0 Å². The number of amides is 1. The lowest BCUT2D eigenvalue weighted by atomic mass is 10.2. The minimum atomic E-state index is -1.08.